The lowest BCUT2D eigenvalue weighted by molar-refractivity contribution is 0.0265. The van der Waals surface area contributed by atoms with E-state index in [9.17, 15) is 9.90 Å². The Morgan fingerprint density at radius 1 is 1.45 bits per heavy atom. The highest BCUT2D eigenvalue weighted by molar-refractivity contribution is 5.94. The zero-order valence-corrected chi connectivity index (χ0v) is 11.5. The number of carbonyl (C=O) groups excluding carboxylic acids is 1. The Morgan fingerprint density at radius 2 is 2.20 bits per heavy atom. The van der Waals surface area contributed by atoms with Crippen LogP contribution in [0.5, 0.6) is 0 Å². The van der Waals surface area contributed by atoms with Gasteiger partial charge in [0.05, 0.1) is 6.10 Å². The van der Waals surface area contributed by atoms with E-state index in [0.29, 0.717) is 18.0 Å². The van der Waals surface area contributed by atoms with Crippen molar-refractivity contribution in [3.63, 3.8) is 0 Å². The summed E-state index contributed by atoms with van der Waals surface area (Å²) in [6, 6.07) is 7.09. The molecule has 20 heavy (non-hydrogen) atoms. The fourth-order valence-electron chi connectivity index (χ4n) is 2.41. The number of amides is 1. The standard InChI is InChI=1S/C16H19NO3/c1-17(11-13-9-15(19)10-13)16(20)14-6-2-4-12(8-14)5-3-7-18/h2,4,6,8,13,15,18-19H,7,9-11H2,1H3. The zero-order chi connectivity index (χ0) is 14.5. The number of hydrogen-bond acceptors (Lipinski definition) is 3. The van der Waals surface area contributed by atoms with Crippen molar-refractivity contribution in [3.8, 4) is 11.8 Å². The van der Waals surface area contributed by atoms with Gasteiger partial charge >= 0.3 is 0 Å². The number of aliphatic hydroxyl groups excluding tert-OH is 2. The molecule has 4 heteroatoms. The monoisotopic (exact) mass is 273 g/mol. The molecule has 0 atom stereocenters. The molecule has 2 rings (SSSR count). The summed E-state index contributed by atoms with van der Waals surface area (Å²) in [6.45, 7) is 0.477. The first-order valence-corrected chi connectivity index (χ1v) is 6.73. The van der Waals surface area contributed by atoms with Crippen LogP contribution in [-0.4, -0.2) is 47.3 Å². The molecule has 2 N–H and O–H groups in total. The third kappa shape index (κ3) is 3.60. The van der Waals surface area contributed by atoms with Crippen molar-refractivity contribution in [3.05, 3.63) is 35.4 Å². The van der Waals surface area contributed by atoms with Crippen LogP contribution >= 0.6 is 0 Å². The van der Waals surface area contributed by atoms with E-state index in [2.05, 4.69) is 11.8 Å². The Labute approximate surface area is 119 Å². The molecule has 0 spiro atoms. The summed E-state index contributed by atoms with van der Waals surface area (Å²) in [7, 11) is 1.78. The van der Waals surface area contributed by atoms with Crippen molar-refractivity contribution in [2.45, 2.75) is 18.9 Å². The molecule has 1 aromatic rings. The third-order valence-corrected chi connectivity index (χ3v) is 3.51. The first kappa shape index (κ1) is 14.6. The summed E-state index contributed by atoms with van der Waals surface area (Å²) < 4.78 is 0. The topological polar surface area (TPSA) is 60.8 Å². The Hall–Kier alpha value is -1.83. The molecular formula is C16H19NO3. The van der Waals surface area contributed by atoms with Gasteiger partial charge in [0.2, 0.25) is 0 Å². The number of carbonyl (C=O) groups is 1. The molecule has 0 aromatic heterocycles. The van der Waals surface area contributed by atoms with Crippen LogP contribution in [0.4, 0.5) is 0 Å². The number of aliphatic hydroxyl groups is 2. The molecule has 0 heterocycles. The number of nitrogens with zero attached hydrogens (tertiary/aromatic N) is 1. The molecule has 0 aliphatic heterocycles. The van der Waals surface area contributed by atoms with Crippen molar-refractivity contribution in [2.24, 2.45) is 5.92 Å². The predicted octanol–water partition coefficient (Wildman–Crippen LogP) is 0.873. The van der Waals surface area contributed by atoms with Crippen molar-refractivity contribution in [2.75, 3.05) is 20.2 Å². The molecule has 0 bridgehead atoms. The minimum absolute atomic E-state index is 0.0426. The van der Waals surface area contributed by atoms with Gasteiger partial charge in [-0.05, 0) is 37.0 Å². The van der Waals surface area contributed by atoms with Crippen molar-refractivity contribution < 1.29 is 15.0 Å². The molecule has 1 aliphatic rings. The lowest BCUT2D eigenvalue weighted by Gasteiger charge is -2.34. The zero-order valence-electron chi connectivity index (χ0n) is 11.5. The van der Waals surface area contributed by atoms with Crippen molar-refractivity contribution in [1.82, 2.24) is 4.90 Å². The second kappa shape index (κ2) is 6.56. The highest BCUT2D eigenvalue weighted by Crippen LogP contribution is 2.27. The molecule has 1 amide bonds. The van der Waals surface area contributed by atoms with Crippen LogP contribution in [0, 0.1) is 17.8 Å². The van der Waals surface area contributed by atoms with Gasteiger partial charge in [-0.2, -0.15) is 0 Å². The summed E-state index contributed by atoms with van der Waals surface area (Å²) in [5, 5.41) is 17.9. The van der Waals surface area contributed by atoms with Crippen LogP contribution < -0.4 is 0 Å². The van der Waals surface area contributed by atoms with Gasteiger partial charge in [-0.25, -0.2) is 0 Å². The third-order valence-electron chi connectivity index (χ3n) is 3.51. The van der Waals surface area contributed by atoms with Gasteiger partial charge < -0.3 is 15.1 Å². The minimum atomic E-state index is -0.194. The molecule has 1 saturated carbocycles. The number of rotatable bonds is 3. The van der Waals surface area contributed by atoms with E-state index in [-0.39, 0.29) is 18.6 Å². The maximum atomic E-state index is 12.3. The number of benzene rings is 1. The van der Waals surface area contributed by atoms with E-state index in [0.717, 1.165) is 18.4 Å². The molecule has 1 fully saturated rings. The SMILES string of the molecule is CN(CC1CC(O)C1)C(=O)c1cccc(C#CCO)c1. The van der Waals surface area contributed by atoms with Crippen molar-refractivity contribution in [1.29, 1.82) is 0 Å². The van der Waals surface area contributed by atoms with Crippen molar-refractivity contribution >= 4 is 5.91 Å². The molecule has 1 aliphatic carbocycles. The van der Waals surface area contributed by atoms with Gasteiger partial charge in [0.1, 0.15) is 6.61 Å². The van der Waals surface area contributed by atoms with E-state index in [1.807, 2.05) is 6.07 Å². The van der Waals surface area contributed by atoms with E-state index in [4.69, 9.17) is 5.11 Å². The fourth-order valence-corrected chi connectivity index (χ4v) is 2.41. The van der Waals surface area contributed by atoms with Gasteiger partial charge in [0.15, 0.2) is 0 Å². The molecule has 0 radical (unpaired) electrons. The predicted molar refractivity (Wildman–Crippen MR) is 76.1 cm³/mol. The van der Waals surface area contributed by atoms with Crippen LogP contribution in [0.1, 0.15) is 28.8 Å². The first-order chi connectivity index (χ1) is 9.60. The molecular weight excluding hydrogens is 254 g/mol. The summed E-state index contributed by atoms with van der Waals surface area (Å²) in [4.78, 5) is 14.0. The fraction of sp³-hybridized carbons (Fsp3) is 0.438. The minimum Gasteiger partial charge on any atom is -0.393 e. The van der Waals surface area contributed by atoms with E-state index < -0.39 is 0 Å². The van der Waals surface area contributed by atoms with Crippen LogP contribution in [0.25, 0.3) is 0 Å². The average molecular weight is 273 g/mol. The van der Waals surface area contributed by atoms with Gasteiger partial charge in [0, 0.05) is 24.7 Å². The average Bonchev–Trinajstić information content (AvgIpc) is 2.42. The lowest BCUT2D eigenvalue weighted by Crippen LogP contribution is -2.39. The Morgan fingerprint density at radius 3 is 2.85 bits per heavy atom. The maximum absolute atomic E-state index is 12.3. The van der Waals surface area contributed by atoms with Crippen LogP contribution in [0.3, 0.4) is 0 Å². The van der Waals surface area contributed by atoms with Gasteiger partial charge in [-0.15, -0.1) is 0 Å². The second-order valence-electron chi connectivity index (χ2n) is 5.22. The summed E-state index contributed by atoms with van der Waals surface area (Å²) in [6.07, 6.45) is 1.36. The lowest BCUT2D eigenvalue weighted by atomic mass is 9.82. The van der Waals surface area contributed by atoms with Crippen LogP contribution in [-0.2, 0) is 0 Å². The van der Waals surface area contributed by atoms with Gasteiger partial charge in [0.25, 0.3) is 5.91 Å². The second-order valence-corrected chi connectivity index (χ2v) is 5.22. The highest BCUT2D eigenvalue weighted by Gasteiger charge is 2.29. The molecule has 106 valence electrons. The molecule has 4 nitrogen and oxygen atoms in total. The van der Waals surface area contributed by atoms with Gasteiger partial charge in [-0.3, -0.25) is 4.79 Å². The summed E-state index contributed by atoms with van der Waals surface area (Å²) in [5.74, 6) is 5.72. The number of hydrogen-bond donors (Lipinski definition) is 2. The van der Waals surface area contributed by atoms with Crippen LogP contribution in [0.2, 0.25) is 0 Å². The Balaban J connectivity index is 2.00. The van der Waals surface area contributed by atoms with E-state index in [1.54, 1.807) is 30.1 Å². The first-order valence-electron chi connectivity index (χ1n) is 6.73. The maximum Gasteiger partial charge on any atom is 0.253 e. The van der Waals surface area contributed by atoms with E-state index >= 15 is 0 Å². The summed E-state index contributed by atoms with van der Waals surface area (Å²) in [5.41, 5.74) is 1.31. The van der Waals surface area contributed by atoms with Crippen LogP contribution in [0.15, 0.2) is 24.3 Å². The van der Waals surface area contributed by atoms with Gasteiger partial charge in [-0.1, -0.05) is 17.9 Å². The largest absolute Gasteiger partial charge is 0.393 e. The Kier molecular flexibility index (Phi) is 4.78. The normalized spacial score (nSPS) is 20.6. The molecule has 0 unspecified atom stereocenters. The quantitative estimate of drug-likeness (QED) is 0.804. The molecule has 1 aromatic carbocycles. The Bertz CT molecular complexity index is 538. The summed E-state index contributed by atoms with van der Waals surface area (Å²) >= 11 is 0. The molecule has 0 saturated heterocycles. The smallest absolute Gasteiger partial charge is 0.253 e. The van der Waals surface area contributed by atoms with E-state index in [1.165, 1.54) is 0 Å². The highest BCUT2D eigenvalue weighted by atomic mass is 16.3.